The summed E-state index contributed by atoms with van der Waals surface area (Å²) in [5.41, 5.74) is 1.84. The van der Waals surface area contributed by atoms with E-state index >= 15 is 0 Å². The van der Waals surface area contributed by atoms with E-state index in [2.05, 4.69) is 20.8 Å². The van der Waals surface area contributed by atoms with Gasteiger partial charge >= 0.3 is 0 Å². The molecule has 5 heteroatoms. The molecule has 0 aliphatic carbocycles. The predicted octanol–water partition coefficient (Wildman–Crippen LogP) is 4.48. The zero-order chi connectivity index (χ0) is 21.5. The van der Waals surface area contributed by atoms with Crippen LogP contribution < -0.4 is 9.47 Å². The summed E-state index contributed by atoms with van der Waals surface area (Å²) in [5.74, 6) is -0.830. The molecule has 0 saturated carbocycles. The highest BCUT2D eigenvalue weighted by molar-refractivity contribution is 5.79. The van der Waals surface area contributed by atoms with Gasteiger partial charge in [0.1, 0.15) is 11.5 Å². The van der Waals surface area contributed by atoms with Crippen LogP contribution in [0.25, 0.3) is 0 Å². The molecule has 0 amide bonds. The monoisotopic (exact) mass is 400 g/mol. The first-order valence-corrected chi connectivity index (χ1v) is 10.0. The number of hydrogen-bond donors (Lipinski definition) is 2. The quantitative estimate of drug-likeness (QED) is 0.349. The van der Waals surface area contributed by atoms with Gasteiger partial charge in [0.05, 0.1) is 12.2 Å². The summed E-state index contributed by atoms with van der Waals surface area (Å²) in [6.07, 6.45) is 2.23. The van der Waals surface area contributed by atoms with E-state index < -0.39 is 5.79 Å². The molecule has 158 valence electrons. The Balaban J connectivity index is 2.41. The van der Waals surface area contributed by atoms with Crippen LogP contribution in [0.4, 0.5) is 0 Å². The van der Waals surface area contributed by atoms with Crippen molar-refractivity contribution in [3.8, 4) is 11.5 Å². The third kappa shape index (κ3) is 6.31. The number of aliphatic hydroxyl groups excluding tert-OH is 1. The number of rotatable bonds is 10. The normalized spacial score (nSPS) is 13.6. The van der Waals surface area contributed by atoms with Crippen molar-refractivity contribution < 1.29 is 24.5 Å². The van der Waals surface area contributed by atoms with E-state index in [1.54, 1.807) is 31.2 Å². The van der Waals surface area contributed by atoms with Crippen LogP contribution in [0.1, 0.15) is 62.0 Å². The summed E-state index contributed by atoms with van der Waals surface area (Å²) in [6, 6.07) is 12.7. The molecule has 0 aromatic heterocycles. The second-order valence-electron chi connectivity index (χ2n) is 8.39. The Hall–Kier alpha value is -2.37. The molecule has 5 nitrogen and oxygen atoms in total. The molecule has 2 rings (SSSR count). The van der Waals surface area contributed by atoms with Crippen molar-refractivity contribution in [1.29, 1.82) is 0 Å². The molecular formula is C24H32O5. The molecule has 29 heavy (non-hydrogen) atoms. The van der Waals surface area contributed by atoms with E-state index in [9.17, 15) is 9.90 Å². The lowest BCUT2D eigenvalue weighted by Gasteiger charge is -2.31. The van der Waals surface area contributed by atoms with E-state index in [0.717, 1.165) is 12.0 Å². The average Bonchev–Trinajstić information content (AvgIpc) is 2.66. The maximum absolute atomic E-state index is 11.7. The maximum Gasteiger partial charge on any atom is 0.238 e. The van der Waals surface area contributed by atoms with Crippen LogP contribution in [0.15, 0.2) is 42.5 Å². The maximum atomic E-state index is 11.7. The van der Waals surface area contributed by atoms with E-state index in [-0.39, 0.29) is 25.0 Å². The molecule has 0 heterocycles. The zero-order valence-corrected chi connectivity index (χ0v) is 17.8. The summed E-state index contributed by atoms with van der Waals surface area (Å²) in [7, 11) is 0. The van der Waals surface area contributed by atoms with Gasteiger partial charge in [0.25, 0.3) is 0 Å². The summed E-state index contributed by atoms with van der Waals surface area (Å²) in [4.78, 5) is 11.7. The lowest BCUT2D eigenvalue weighted by Crippen LogP contribution is -2.34. The zero-order valence-electron chi connectivity index (χ0n) is 17.8. The number of benzene rings is 2. The Kier molecular flexibility index (Phi) is 7.82. The molecule has 0 radical (unpaired) electrons. The first-order chi connectivity index (χ1) is 13.7. The van der Waals surface area contributed by atoms with Crippen molar-refractivity contribution in [3.05, 3.63) is 59.2 Å². The number of aldehydes is 1. The Labute approximate surface area is 173 Å². The van der Waals surface area contributed by atoms with E-state index in [1.807, 2.05) is 18.2 Å². The number of carbonyl (C=O) groups excluding carboxylic acids is 1. The molecule has 2 N–H and O–H groups in total. The van der Waals surface area contributed by atoms with Crippen LogP contribution in [0.5, 0.6) is 11.5 Å². The van der Waals surface area contributed by atoms with Gasteiger partial charge in [-0.2, -0.15) is 0 Å². The molecule has 0 saturated heterocycles. The second kappa shape index (κ2) is 9.90. The minimum atomic E-state index is -1.73. The molecule has 1 unspecified atom stereocenters. The fourth-order valence-corrected chi connectivity index (χ4v) is 3.26. The minimum Gasteiger partial charge on any atom is -0.493 e. The van der Waals surface area contributed by atoms with Crippen LogP contribution in [0.3, 0.4) is 0 Å². The number of carbonyl (C=O) groups is 1. The lowest BCUT2D eigenvalue weighted by atomic mass is 9.88. The summed E-state index contributed by atoms with van der Waals surface area (Å²) in [5, 5.41) is 20.4. The largest absolute Gasteiger partial charge is 0.493 e. The Bertz CT molecular complexity index is 809. The van der Waals surface area contributed by atoms with Gasteiger partial charge in [0.15, 0.2) is 6.29 Å². The first-order valence-electron chi connectivity index (χ1n) is 10.0. The fraction of sp³-hybridized carbons (Fsp3) is 0.458. The van der Waals surface area contributed by atoms with Crippen LogP contribution in [0, 0.1) is 5.41 Å². The molecule has 0 fully saturated rings. The highest BCUT2D eigenvalue weighted by Crippen LogP contribution is 2.37. The number of hydrogen-bond acceptors (Lipinski definition) is 5. The minimum absolute atomic E-state index is 0.00216. The summed E-state index contributed by atoms with van der Waals surface area (Å²) in [6.45, 7) is 8.56. The average molecular weight is 401 g/mol. The van der Waals surface area contributed by atoms with Crippen molar-refractivity contribution in [2.24, 2.45) is 5.41 Å². The van der Waals surface area contributed by atoms with Gasteiger partial charge < -0.3 is 19.7 Å². The van der Waals surface area contributed by atoms with Gasteiger partial charge in [-0.3, -0.25) is 4.79 Å². The third-order valence-corrected chi connectivity index (χ3v) is 4.53. The predicted molar refractivity (Wildman–Crippen MR) is 113 cm³/mol. The molecule has 0 bridgehead atoms. The van der Waals surface area contributed by atoms with Gasteiger partial charge in [-0.15, -0.1) is 0 Å². The van der Waals surface area contributed by atoms with Gasteiger partial charge in [-0.1, -0.05) is 52.0 Å². The number of ether oxygens (including phenoxy) is 2. The highest BCUT2D eigenvalue weighted by Gasteiger charge is 2.36. The fourth-order valence-electron chi connectivity index (χ4n) is 3.26. The van der Waals surface area contributed by atoms with E-state index in [0.29, 0.717) is 35.3 Å². The number of aliphatic hydroxyl groups is 2. The van der Waals surface area contributed by atoms with E-state index in [4.69, 9.17) is 14.6 Å². The topological polar surface area (TPSA) is 76.0 Å². The molecule has 1 atom stereocenters. The second-order valence-corrected chi connectivity index (χ2v) is 8.39. The first kappa shape index (κ1) is 22.9. The molecule has 0 spiro atoms. The van der Waals surface area contributed by atoms with Crippen LogP contribution in [-0.4, -0.2) is 29.7 Å². The SMILES string of the molecule is CCC(O)(Oc1cccc(CC(C)(C)C)c1)c1c(C=O)cccc1OCCCO. The lowest BCUT2D eigenvalue weighted by molar-refractivity contribution is -0.149. The molecule has 0 aliphatic heterocycles. The Morgan fingerprint density at radius 2 is 1.83 bits per heavy atom. The molecule has 2 aromatic carbocycles. The van der Waals surface area contributed by atoms with Crippen molar-refractivity contribution in [2.45, 2.75) is 52.7 Å². The van der Waals surface area contributed by atoms with E-state index in [1.165, 1.54) is 0 Å². The molecule has 0 aliphatic rings. The van der Waals surface area contributed by atoms with Gasteiger partial charge in [0, 0.05) is 25.0 Å². The molecule has 2 aromatic rings. The van der Waals surface area contributed by atoms with Crippen molar-refractivity contribution >= 4 is 6.29 Å². The van der Waals surface area contributed by atoms with Crippen molar-refractivity contribution in [2.75, 3.05) is 13.2 Å². The van der Waals surface area contributed by atoms with Crippen molar-refractivity contribution in [3.63, 3.8) is 0 Å². The van der Waals surface area contributed by atoms with Gasteiger partial charge in [0.2, 0.25) is 5.79 Å². The third-order valence-electron chi connectivity index (χ3n) is 4.53. The Morgan fingerprint density at radius 3 is 2.45 bits per heavy atom. The summed E-state index contributed by atoms with van der Waals surface area (Å²) < 4.78 is 11.8. The van der Waals surface area contributed by atoms with Gasteiger partial charge in [-0.25, -0.2) is 0 Å². The van der Waals surface area contributed by atoms with Crippen LogP contribution in [0.2, 0.25) is 0 Å². The standard InChI is InChI=1S/C24H32O5/c1-5-24(27,29-20-11-6-9-18(15-20)16-23(2,3)4)22-19(17-26)10-7-12-21(22)28-14-8-13-25/h6-7,9-12,15,17,25,27H,5,8,13-14,16H2,1-4H3. The van der Waals surface area contributed by atoms with Crippen molar-refractivity contribution in [1.82, 2.24) is 0 Å². The summed E-state index contributed by atoms with van der Waals surface area (Å²) >= 11 is 0. The Morgan fingerprint density at radius 1 is 1.10 bits per heavy atom. The van der Waals surface area contributed by atoms with Gasteiger partial charge in [-0.05, 0) is 35.6 Å². The van der Waals surface area contributed by atoms with Crippen LogP contribution >= 0.6 is 0 Å². The smallest absolute Gasteiger partial charge is 0.238 e. The highest BCUT2D eigenvalue weighted by atomic mass is 16.6. The van der Waals surface area contributed by atoms with Crippen LogP contribution in [-0.2, 0) is 12.2 Å². The molecular weight excluding hydrogens is 368 g/mol.